The number of aromatic nitrogens is 4. The molecule has 4 aromatic rings. The zero-order valence-corrected chi connectivity index (χ0v) is 18.3. The van der Waals surface area contributed by atoms with E-state index in [1.54, 1.807) is 11.8 Å². The van der Waals surface area contributed by atoms with Crippen LogP contribution in [-0.2, 0) is 4.74 Å². The maximum atomic E-state index is 6.56. The van der Waals surface area contributed by atoms with Crippen molar-refractivity contribution in [2.75, 3.05) is 31.3 Å². The van der Waals surface area contributed by atoms with Crippen LogP contribution >= 0.6 is 11.6 Å². The second kappa shape index (κ2) is 8.64. The summed E-state index contributed by atoms with van der Waals surface area (Å²) in [5.41, 5.74) is 9.36. The Kier molecular flexibility index (Phi) is 5.55. The van der Waals surface area contributed by atoms with E-state index >= 15 is 0 Å². The van der Waals surface area contributed by atoms with E-state index in [2.05, 4.69) is 15.4 Å². The summed E-state index contributed by atoms with van der Waals surface area (Å²) < 4.78 is 12.6. The van der Waals surface area contributed by atoms with Crippen molar-refractivity contribution in [3.8, 4) is 22.7 Å². The van der Waals surface area contributed by atoms with Crippen LogP contribution in [0.3, 0.4) is 0 Å². The van der Waals surface area contributed by atoms with Gasteiger partial charge >= 0.3 is 0 Å². The summed E-state index contributed by atoms with van der Waals surface area (Å²) in [7, 11) is 1.63. The molecule has 0 saturated carbocycles. The lowest BCUT2D eigenvalue weighted by Gasteiger charge is -2.12. The Morgan fingerprint density at radius 2 is 2.06 bits per heavy atom. The molecule has 0 aliphatic carbocycles. The van der Waals surface area contributed by atoms with Crippen LogP contribution in [0.25, 0.3) is 28.0 Å². The largest absolute Gasteiger partial charge is 0.497 e. The van der Waals surface area contributed by atoms with Gasteiger partial charge in [0.25, 0.3) is 0 Å². The first-order valence-electron chi connectivity index (χ1n) is 10.4. The normalized spacial score (nSPS) is 15.9. The standard InChI is InChI=1S/C23H23ClN6O2/c1-31-17-9-7-16(8-10-17)30-21(25)19-20(14-4-2-5-15(24)12-14)27-23(28-22(19)29-30)26-13-18-6-3-11-32-18/h2,4-5,7-10,12,18H,3,6,11,13,25H2,1H3,(H,26,28,29)/t18-/m1/s1. The summed E-state index contributed by atoms with van der Waals surface area (Å²) in [5, 5.41) is 9.27. The van der Waals surface area contributed by atoms with Crippen LogP contribution in [0.1, 0.15) is 12.8 Å². The molecule has 8 nitrogen and oxygen atoms in total. The number of fused-ring (bicyclic) bond motifs is 1. The van der Waals surface area contributed by atoms with Crippen LogP contribution in [0.4, 0.5) is 11.8 Å². The van der Waals surface area contributed by atoms with Crippen LogP contribution in [0.5, 0.6) is 5.75 Å². The van der Waals surface area contributed by atoms with Crippen molar-refractivity contribution in [1.29, 1.82) is 0 Å². The maximum absolute atomic E-state index is 6.56. The monoisotopic (exact) mass is 450 g/mol. The van der Waals surface area contributed by atoms with Gasteiger partial charge < -0.3 is 20.5 Å². The summed E-state index contributed by atoms with van der Waals surface area (Å²) in [5.74, 6) is 1.68. The van der Waals surface area contributed by atoms with Gasteiger partial charge in [0.1, 0.15) is 11.6 Å². The van der Waals surface area contributed by atoms with E-state index in [0.717, 1.165) is 36.4 Å². The highest BCUT2D eigenvalue weighted by atomic mass is 35.5. The predicted molar refractivity (Wildman–Crippen MR) is 126 cm³/mol. The zero-order chi connectivity index (χ0) is 22.1. The Morgan fingerprint density at radius 1 is 1.22 bits per heavy atom. The number of hydrogen-bond donors (Lipinski definition) is 2. The van der Waals surface area contributed by atoms with Gasteiger partial charge in [-0.05, 0) is 49.2 Å². The van der Waals surface area contributed by atoms with Gasteiger partial charge in [0.2, 0.25) is 5.95 Å². The SMILES string of the molecule is COc1ccc(-n2nc3nc(NC[C@H]4CCCO4)nc(-c4cccc(Cl)c4)c3c2N)cc1. The van der Waals surface area contributed by atoms with Gasteiger partial charge in [-0.2, -0.15) is 4.98 Å². The topological polar surface area (TPSA) is 100 Å². The zero-order valence-electron chi connectivity index (χ0n) is 17.6. The van der Waals surface area contributed by atoms with Crippen molar-refractivity contribution in [2.24, 2.45) is 0 Å². The summed E-state index contributed by atoms with van der Waals surface area (Å²) in [4.78, 5) is 9.42. The Hall–Kier alpha value is -3.36. The molecule has 0 bridgehead atoms. The molecule has 2 aromatic carbocycles. The van der Waals surface area contributed by atoms with Gasteiger partial charge in [0.15, 0.2) is 5.65 Å². The maximum Gasteiger partial charge on any atom is 0.225 e. The summed E-state index contributed by atoms with van der Waals surface area (Å²) in [6, 6.07) is 15.0. The quantitative estimate of drug-likeness (QED) is 0.451. The molecule has 0 spiro atoms. The van der Waals surface area contributed by atoms with Crippen molar-refractivity contribution >= 4 is 34.4 Å². The molecular formula is C23H23ClN6O2. The first kappa shape index (κ1) is 20.5. The smallest absolute Gasteiger partial charge is 0.225 e. The van der Waals surface area contributed by atoms with Gasteiger partial charge in [-0.25, -0.2) is 9.67 Å². The number of anilines is 2. The minimum Gasteiger partial charge on any atom is -0.497 e. The third kappa shape index (κ3) is 3.94. The lowest BCUT2D eigenvalue weighted by Crippen LogP contribution is -2.19. The number of halogens is 1. The summed E-state index contributed by atoms with van der Waals surface area (Å²) >= 11 is 6.26. The lowest BCUT2D eigenvalue weighted by molar-refractivity contribution is 0.120. The van der Waals surface area contributed by atoms with Crippen LogP contribution in [0.15, 0.2) is 48.5 Å². The Bertz CT molecular complexity index is 1250. The number of nitrogens with one attached hydrogen (secondary N) is 1. The summed E-state index contributed by atoms with van der Waals surface area (Å²) in [6.07, 6.45) is 2.25. The molecule has 164 valence electrons. The first-order valence-corrected chi connectivity index (χ1v) is 10.8. The van der Waals surface area contributed by atoms with Crippen molar-refractivity contribution in [3.63, 3.8) is 0 Å². The van der Waals surface area contributed by atoms with E-state index < -0.39 is 0 Å². The molecule has 0 radical (unpaired) electrons. The number of nitrogens with two attached hydrogens (primary N) is 1. The predicted octanol–water partition coefficient (Wildman–Crippen LogP) is 4.32. The highest BCUT2D eigenvalue weighted by Crippen LogP contribution is 2.34. The molecule has 0 amide bonds. The fraction of sp³-hybridized carbons (Fsp3) is 0.261. The van der Waals surface area contributed by atoms with Crippen molar-refractivity contribution in [3.05, 3.63) is 53.6 Å². The molecule has 0 unspecified atom stereocenters. The molecule has 2 aromatic heterocycles. The van der Waals surface area contributed by atoms with E-state index in [-0.39, 0.29) is 6.10 Å². The van der Waals surface area contributed by atoms with Gasteiger partial charge in [-0.15, -0.1) is 5.10 Å². The van der Waals surface area contributed by atoms with E-state index in [1.165, 1.54) is 0 Å². The third-order valence-electron chi connectivity index (χ3n) is 5.50. The number of ether oxygens (including phenoxy) is 2. The third-order valence-corrected chi connectivity index (χ3v) is 5.73. The van der Waals surface area contributed by atoms with E-state index in [1.807, 2.05) is 48.5 Å². The molecule has 1 saturated heterocycles. The van der Waals surface area contributed by atoms with E-state index in [9.17, 15) is 0 Å². The number of methoxy groups -OCH3 is 1. The van der Waals surface area contributed by atoms with Crippen LogP contribution in [0.2, 0.25) is 5.02 Å². The minimum absolute atomic E-state index is 0.158. The van der Waals surface area contributed by atoms with Crippen LogP contribution in [-0.4, -0.2) is 46.1 Å². The lowest BCUT2D eigenvalue weighted by atomic mass is 10.1. The Labute approximate surface area is 190 Å². The Balaban J connectivity index is 1.62. The van der Waals surface area contributed by atoms with Gasteiger partial charge in [-0.3, -0.25) is 0 Å². The fourth-order valence-corrected chi connectivity index (χ4v) is 4.06. The molecule has 3 N–H and O–H groups in total. The number of benzene rings is 2. The van der Waals surface area contributed by atoms with Crippen molar-refractivity contribution in [1.82, 2.24) is 19.7 Å². The van der Waals surface area contributed by atoms with Crippen molar-refractivity contribution < 1.29 is 9.47 Å². The average Bonchev–Trinajstić information content (AvgIpc) is 3.45. The van der Waals surface area contributed by atoms with Gasteiger partial charge in [0.05, 0.1) is 30.0 Å². The van der Waals surface area contributed by atoms with Gasteiger partial charge in [-0.1, -0.05) is 23.7 Å². The average molecular weight is 451 g/mol. The highest BCUT2D eigenvalue weighted by Gasteiger charge is 2.21. The van der Waals surface area contributed by atoms with E-state index in [0.29, 0.717) is 40.1 Å². The molecule has 32 heavy (non-hydrogen) atoms. The summed E-state index contributed by atoms with van der Waals surface area (Å²) in [6.45, 7) is 1.43. The molecule has 1 atom stereocenters. The first-order chi connectivity index (χ1) is 15.6. The molecule has 1 aliphatic rings. The minimum atomic E-state index is 0.158. The molecule has 3 heterocycles. The molecule has 1 fully saturated rings. The molecule has 5 rings (SSSR count). The Morgan fingerprint density at radius 3 is 2.78 bits per heavy atom. The fourth-order valence-electron chi connectivity index (χ4n) is 3.87. The number of nitrogen functional groups attached to an aromatic ring is 1. The van der Waals surface area contributed by atoms with E-state index in [4.69, 9.17) is 31.8 Å². The van der Waals surface area contributed by atoms with Gasteiger partial charge in [0, 0.05) is 23.7 Å². The number of nitrogens with zero attached hydrogens (tertiary/aromatic N) is 4. The second-order valence-electron chi connectivity index (χ2n) is 7.62. The molecular weight excluding hydrogens is 428 g/mol. The van der Waals surface area contributed by atoms with Crippen molar-refractivity contribution in [2.45, 2.75) is 18.9 Å². The number of rotatable bonds is 6. The number of hydrogen-bond acceptors (Lipinski definition) is 7. The highest BCUT2D eigenvalue weighted by molar-refractivity contribution is 6.30. The molecule has 9 heteroatoms. The second-order valence-corrected chi connectivity index (χ2v) is 8.05. The van der Waals surface area contributed by atoms with Crippen LogP contribution in [0, 0.1) is 0 Å². The van der Waals surface area contributed by atoms with Crippen LogP contribution < -0.4 is 15.8 Å². The molecule has 1 aliphatic heterocycles.